The number of thiazole rings is 1. The van der Waals surface area contributed by atoms with Crippen molar-refractivity contribution in [1.82, 2.24) is 4.98 Å². The third-order valence-electron chi connectivity index (χ3n) is 3.08. The Balaban J connectivity index is 2.09. The normalized spacial score (nSPS) is 11.9. The highest BCUT2D eigenvalue weighted by Crippen LogP contribution is 2.29. The summed E-state index contributed by atoms with van der Waals surface area (Å²) >= 11 is 7.04. The molecule has 2 aromatic rings. The SMILES string of the molecule is CCOC(=O)c1sc(NC(=O)C(Cl)Oc2ccccc2)nc1C(C)C. The molecule has 1 aromatic carbocycles. The number of carbonyl (C=O) groups is 2. The third kappa shape index (κ3) is 5.17. The van der Waals surface area contributed by atoms with Crippen LogP contribution in [0.3, 0.4) is 0 Å². The second-order valence-corrected chi connectivity index (χ2v) is 6.74. The molecule has 0 radical (unpaired) electrons. The largest absolute Gasteiger partial charge is 0.465 e. The lowest BCUT2D eigenvalue weighted by molar-refractivity contribution is -0.119. The summed E-state index contributed by atoms with van der Waals surface area (Å²) in [5, 5.41) is 2.86. The van der Waals surface area contributed by atoms with Crippen molar-refractivity contribution in [2.24, 2.45) is 0 Å². The highest BCUT2D eigenvalue weighted by molar-refractivity contribution is 7.17. The number of ether oxygens (including phenoxy) is 2. The molecule has 0 aliphatic carbocycles. The molecule has 0 saturated carbocycles. The second kappa shape index (κ2) is 8.82. The highest BCUT2D eigenvalue weighted by atomic mass is 35.5. The molecule has 134 valence electrons. The maximum Gasteiger partial charge on any atom is 0.350 e. The first-order valence-corrected chi connectivity index (χ1v) is 9.02. The summed E-state index contributed by atoms with van der Waals surface area (Å²) in [5.74, 6) is -0.530. The molecule has 1 amide bonds. The molecule has 0 spiro atoms. The maximum atomic E-state index is 12.2. The van der Waals surface area contributed by atoms with Crippen molar-refractivity contribution in [1.29, 1.82) is 0 Å². The summed E-state index contributed by atoms with van der Waals surface area (Å²) in [6.45, 7) is 5.82. The minimum absolute atomic E-state index is 0.00803. The molecule has 0 bridgehead atoms. The van der Waals surface area contributed by atoms with Gasteiger partial charge in [-0.2, -0.15) is 0 Å². The molecule has 1 unspecified atom stereocenters. The first-order chi connectivity index (χ1) is 11.9. The van der Waals surface area contributed by atoms with Crippen molar-refractivity contribution in [3.8, 4) is 5.75 Å². The molecule has 0 fully saturated rings. The number of para-hydroxylation sites is 1. The van der Waals surface area contributed by atoms with Gasteiger partial charge in [-0.3, -0.25) is 10.1 Å². The Morgan fingerprint density at radius 2 is 1.96 bits per heavy atom. The van der Waals surface area contributed by atoms with Crippen LogP contribution in [0.5, 0.6) is 5.75 Å². The monoisotopic (exact) mass is 382 g/mol. The van der Waals surface area contributed by atoms with E-state index in [-0.39, 0.29) is 17.7 Å². The van der Waals surface area contributed by atoms with Gasteiger partial charge in [0.15, 0.2) is 5.13 Å². The molecular formula is C17H19ClN2O4S. The van der Waals surface area contributed by atoms with Gasteiger partial charge in [-0.05, 0) is 25.0 Å². The predicted molar refractivity (Wildman–Crippen MR) is 97.5 cm³/mol. The number of benzene rings is 1. The Labute approximate surface area is 155 Å². The van der Waals surface area contributed by atoms with Gasteiger partial charge in [0.2, 0.25) is 0 Å². The minimum Gasteiger partial charge on any atom is -0.465 e. The van der Waals surface area contributed by atoms with Crippen molar-refractivity contribution < 1.29 is 19.1 Å². The Bertz CT molecular complexity index is 734. The molecule has 6 nitrogen and oxygen atoms in total. The van der Waals surface area contributed by atoms with Gasteiger partial charge in [0.05, 0.1) is 12.3 Å². The lowest BCUT2D eigenvalue weighted by Gasteiger charge is -2.11. The van der Waals surface area contributed by atoms with Crippen molar-refractivity contribution in [2.75, 3.05) is 11.9 Å². The van der Waals surface area contributed by atoms with E-state index in [1.807, 2.05) is 19.9 Å². The third-order valence-corrected chi connectivity index (χ3v) is 4.33. The number of carbonyl (C=O) groups excluding carboxylic acids is 2. The summed E-state index contributed by atoms with van der Waals surface area (Å²) in [7, 11) is 0. The number of nitrogens with zero attached hydrogens (tertiary/aromatic N) is 1. The number of hydrogen-bond acceptors (Lipinski definition) is 6. The molecule has 2 rings (SSSR count). The molecule has 1 aromatic heterocycles. The quantitative estimate of drug-likeness (QED) is 0.578. The van der Waals surface area contributed by atoms with E-state index < -0.39 is 17.4 Å². The van der Waals surface area contributed by atoms with Crippen LogP contribution in [0.25, 0.3) is 0 Å². The number of rotatable bonds is 7. The summed E-state index contributed by atoms with van der Waals surface area (Å²) in [4.78, 5) is 28.9. The summed E-state index contributed by atoms with van der Waals surface area (Å²) in [5.41, 5.74) is -0.645. The molecular weight excluding hydrogens is 364 g/mol. The number of amides is 1. The van der Waals surface area contributed by atoms with Crippen molar-refractivity contribution in [3.05, 3.63) is 40.9 Å². The predicted octanol–water partition coefficient (Wildman–Crippen LogP) is 4.03. The number of hydrogen-bond donors (Lipinski definition) is 1. The van der Waals surface area contributed by atoms with E-state index in [4.69, 9.17) is 21.1 Å². The van der Waals surface area contributed by atoms with Gasteiger partial charge < -0.3 is 9.47 Å². The van der Waals surface area contributed by atoms with Crippen LogP contribution in [-0.4, -0.2) is 29.0 Å². The Morgan fingerprint density at radius 3 is 2.56 bits per heavy atom. The average molecular weight is 383 g/mol. The van der Waals surface area contributed by atoms with Crippen LogP contribution in [0, 0.1) is 0 Å². The Morgan fingerprint density at radius 1 is 1.28 bits per heavy atom. The van der Waals surface area contributed by atoms with Crippen molar-refractivity contribution >= 4 is 39.9 Å². The van der Waals surface area contributed by atoms with E-state index in [2.05, 4.69) is 10.3 Å². The topological polar surface area (TPSA) is 77.5 Å². The van der Waals surface area contributed by atoms with Gasteiger partial charge in [0.1, 0.15) is 10.6 Å². The van der Waals surface area contributed by atoms with Crippen molar-refractivity contribution in [2.45, 2.75) is 32.3 Å². The van der Waals surface area contributed by atoms with E-state index in [0.29, 0.717) is 16.3 Å². The van der Waals surface area contributed by atoms with E-state index in [9.17, 15) is 9.59 Å². The van der Waals surface area contributed by atoms with Gasteiger partial charge in [-0.1, -0.05) is 55.0 Å². The van der Waals surface area contributed by atoms with E-state index in [0.717, 1.165) is 11.3 Å². The minimum atomic E-state index is -1.22. The molecule has 0 aliphatic heterocycles. The zero-order valence-electron chi connectivity index (χ0n) is 14.1. The fourth-order valence-corrected chi connectivity index (χ4v) is 3.13. The van der Waals surface area contributed by atoms with Gasteiger partial charge >= 0.3 is 5.97 Å². The second-order valence-electron chi connectivity index (χ2n) is 5.34. The lowest BCUT2D eigenvalue weighted by Crippen LogP contribution is -2.28. The number of nitrogens with one attached hydrogen (secondary N) is 1. The maximum absolute atomic E-state index is 12.2. The van der Waals surface area contributed by atoms with Crippen LogP contribution >= 0.6 is 22.9 Å². The van der Waals surface area contributed by atoms with Gasteiger partial charge in [-0.15, -0.1) is 0 Å². The van der Waals surface area contributed by atoms with E-state index in [1.165, 1.54) is 0 Å². The molecule has 1 heterocycles. The number of anilines is 1. The smallest absolute Gasteiger partial charge is 0.350 e. The van der Waals surface area contributed by atoms with Crippen LogP contribution in [-0.2, 0) is 9.53 Å². The molecule has 1 atom stereocenters. The van der Waals surface area contributed by atoms with Crippen LogP contribution < -0.4 is 10.1 Å². The van der Waals surface area contributed by atoms with Crippen LogP contribution in [0.4, 0.5) is 5.13 Å². The molecule has 1 N–H and O–H groups in total. The molecule has 8 heteroatoms. The number of esters is 1. The summed E-state index contributed by atoms with van der Waals surface area (Å²) in [6.07, 6.45) is 0. The zero-order valence-corrected chi connectivity index (χ0v) is 15.7. The highest BCUT2D eigenvalue weighted by Gasteiger charge is 2.24. The fourth-order valence-electron chi connectivity index (χ4n) is 1.95. The fraction of sp³-hybridized carbons (Fsp3) is 0.353. The van der Waals surface area contributed by atoms with Crippen molar-refractivity contribution in [3.63, 3.8) is 0 Å². The number of halogens is 1. The summed E-state index contributed by atoms with van der Waals surface area (Å²) < 4.78 is 10.4. The first-order valence-electron chi connectivity index (χ1n) is 7.76. The molecule has 0 saturated heterocycles. The first kappa shape index (κ1) is 19.2. The molecule has 25 heavy (non-hydrogen) atoms. The summed E-state index contributed by atoms with van der Waals surface area (Å²) in [6, 6.07) is 8.77. The Hall–Kier alpha value is -2.12. The van der Waals surface area contributed by atoms with Crippen LogP contribution in [0.2, 0.25) is 0 Å². The zero-order chi connectivity index (χ0) is 18.4. The van der Waals surface area contributed by atoms with E-state index >= 15 is 0 Å². The van der Waals surface area contributed by atoms with Gasteiger partial charge in [0.25, 0.3) is 11.5 Å². The number of alkyl halides is 1. The standard InChI is InChI=1S/C17H19ClN2O4S/c1-4-23-16(22)13-12(10(2)3)19-17(25-13)20-15(21)14(18)24-11-8-6-5-7-9-11/h5-10,14H,4H2,1-3H3,(H,19,20,21). The van der Waals surface area contributed by atoms with Gasteiger partial charge in [0, 0.05) is 0 Å². The van der Waals surface area contributed by atoms with E-state index in [1.54, 1.807) is 31.2 Å². The number of aromatic nitrogens is 1. The molecule has 0 aliphatic rings. The lowest BCUT2D eigenvalue weighted by atomic mass is 10.1. The van der Waals surface area contributed by atoms with Crippen LogP contribution in [0.1, 0.15) is 42.1 Å². The van der Waals surface area contributed by atoms with Gasteiger partial charge in [-0.25, -0.2) is 9.78 Å². The Kier molecular flexibility index (Phi) is 6.78. The van der Waals surface area contributed by atoms with Crippen LogP contribution in [0.15, 0.2) is 30.3 Å². The average Bonchev–Trinajstić information content (AvgIpc) is 3.00.